The lowest BCUT2D eigenvalue weighted by molar-refractivity contribution is -0.147. The van der Waals surface area contributed by atoms with Gasteiger partial charge in [0, 0.05) is 36.3 Å². The second-order valence-electron chi connectivity index (χ2n) is 6.83. The molecule has 3 rings (SSSR count). The normalized spacial score (nSPS) is 20.8. The summed E-state index contributed by atoms with van der Waals surface area (Å²) in [5.74, 6) is -0.458. The van der Waals surface area contributed by atoms with Gasteiger partial charge in [-0.05, 0) is 30.5 Å². The molecule has 25 heavy (non-hydrogen) atoms. The molecular weight excluding hydrogens is 318 g/mol. The molecular formula is C19H25N3O3. The number of hydrogen-bond acceptors (Lipinski definition) is 4. The largest absolute Gasteiger partial charge is 0.464 e. The summed E-state index contributed by atoms with van der Waals surface area (Å²) in [5.41, 5.74) is 2.99. The van der Waals surface area contributed by atoms with Crippen LogP contribution in [0, 0.1) is 5.92 Å². The molecule has 2 N–H and O–H groups in total. The molecule has 2 heterocycles. The first-order valence-electron chi connectivity index (χ1n) is 8.72. The van der Waals surface area contributed by atoms with Gasteiger partial charge in [0.05, 0.1) is 6.61 Å². The molecule has 0 saturated heterocycles. The van der Waals surface area contributed by atoms with E-state index in [1.54, 1.807) is 6.92 Å². The van der Waals surface area contributed by atoms with Crippen LogP contribution in [0.4, 0.5) is 5.69 Å². The summed E-state index contributed by atoms with van der Waals surface area (Å²) in [6.07, 6.45) is 2.32. The van der Waals surface area contributed by atoms with Crippen molar-refractivity contribution >= 4 is 28.5 Å². The number of esters is 1. The van der Waals surface area contributed by atoms with Gasteiger partial charge in [-0.25, -0.2) is 4.79 Å². The Hall–Kier alpha value is -2.50. The van der Waals surface area contributed by atoms with Crippen molar-refractivity contribution in [3.05, 3.63) is 30.0 Å². The summed E-state index contributed by atoms with van der Waals surface area (Å²) in [5, 5.41) is 3.96. The fourth-order valence-corrected chi connectivity index (χ4v) is 3.68. The highest BCUT2D eigenvalue weighted by Crippen LogP contribution is 2.33. The number of rotatable bonds is 3. The number of ether oxygens (including phenoxy) is 1. The van der Waals surface area contributed by atoms with Crippen molar-refractivity contribution in [3.63, 3.8) is 0 Å². The van der Waals surface area contributed by atoms with Gasteiger partial charge < -0.3 is 19.9 Å². The lowest BCUT2D eigenvalue weighted by atomic mass is 10.0. The average molecular weight is 343 g/mol. The van der Waals surface area contributed by atoms with E-state index in [2.05, 4.69) is 10.3 Å². The van der Waals surface area contributed by atoms with Crippen LogP contribution >= 0.6 is 0 Å². The molecule has 1 aromatic carbocycles. The van der Waals surface area contributed by atoms with Gasteiger partial charge in [0.25, 0.3) is 0 Å². The standard InChI is InChI=1S/C19H25N3O3/c1-5-25-19(24)14-9-12-10-20-13-7-6-8-15(16(12)13)22(4)17(11(2)3)18(23)21-14/h6-8,10-11,14,17,20H,5,9H2,1-4H3,(H,21,23)/t14-,17-/m0/s1. The number of amides is 1. The third-order valence-electron chi connectivity index (χ3n) is 4.77. The quantitative estimate of drug-likeness (QED) is 0.838. The Balaban J connectivity index is 2.15. The highest BCUT2D eigenvalue weighted by molar-refractivity contribution is 5.99. The Morgan fingerprint density at radius 3 is 2.84 bits per heavy atom. The number of likely N-dealkylation sites (N-methyl/N-ethyl adjacent to an activating group) is 1. The molecule has 2 aromatic rings. The van der Waals surface area contributed by atoms with Crippen molar-refractivity contribution in [1.82, 2.24) is 10.3 Å². The van der Waals surface area contributed by atoms with Crippen LogP contribution in [0.2, 0.25) is 0 Å². The lowest BCUT2D eigenvalue weighted by Gasteiger charge is -2.32. The van der Waals surface area contributed by atoms with Gasteiger partial charge in [-0.1, -0.05) is 19.9 Å². The van der Waals surface area contributed by atoms with Crippen molar-refractivity contribution in [2.45, 2.75) is 39.3 Å². The molecule has 2 atom stereocenters. The minimum Gasteiger partial charge on any atom is -0.464 e. The maximum absolute atomic E-state index is 12.9. The van der Waals surface area contributed by atoms with E-state index >= 15 is 0 Å². The molecule has 1 amide bonds. The monoisotopic (exact) mass is 343 g/mol. The fraction of sp³-hybridized carbons (Fsp3) is 0.474. The Labute approximate surface area is 147 Å². The predicted octanol–water partition coefficient (Wildman–Crippen LogP) is 2.23. The number of aromatic nitrogens is 1. The van der Waals surface area contributed by atoms with E-state index in [9.17, 15) is 9.59 Å². The molecule has 6 nitrogen and oxygen atoms in total. The summed E-state index contributed by atoms with van der Waals surface area (Å²) in [6, 6.07) is 4.94. The van der Waals surface area contributed by atoms with Crippen molar-refractivity contribution < 1.29 is 14.3 Å². The molecule has 1 aliphatic rings. The summed E-state index contributed by atoms with van der Waals surface area (Å²) < 4.78 is 5.17. The zero-order valence-electron chi connectivity index (χ0n) is 15.1. The first-order valence-corrected chi connectivity index (χ1v) is 8.72. The highest BCUT2D eigenvalue weighted by atomic mass is 16.5. The maximum atomic E-state index is 12.9. The van der Waals surface area contributed by atoms with E-state index in [-0.39, 0.29) is 24.5 Å². The second-order valence-corrected chi connectivity index (χ2v) is 6.83. The number of aromatic amines is 1. The Morgan fingerprint density at radius 2 is 2.16 bits per heavy atom. The van der Waals surface area contributed by atoms with Gasteiger partial charge in [0.15, 0.2) is 0 Å². The van der Waals surface area contributed by atoms with E-state index in [1.807, 2.05) is 50.2 Å². The van der Waals surface area contributed by atoms with Crippen LogP contribution in [0.25, 0.3) is 10.9 Å². The number of anilines is 1. The molecule has 0 aliphatic carbocycles. The van der Waals surface area contributed by atoms with Crippen molar-refractivity contribution in [2.75, 3.05) is 18.6 Å². The van der Waals surface area contributed by atoms with Crippen molar-refractivity contribution in [1.29, 1.82) is 0 Å². The van der Waals surface area contributed by atoms with E-state index in [0.29, 0.717) is 6.42 Å². The zero-order chi connectivity index (χ0) is 18.1. The smallest absolute Gasteiger partial charge is 0.328 e. The predicted molar refractivity (Wildman–Crippen MR) is 97.6 cm³/mol. The fourth-order valence-electron chi connectivity index (χ4n) is 3.68. The van der Waals surface area contributed by atoms with E-state index in [4.69, 9.17) is 4.74 Å². The number of nitrogens with zero attached hydrogens (tertiary/aromatic N) is 1. The lowest BCUT2D eigenvalue weighted by Crippen LogP contribution is -2.53. The van der Waals surface area contributed by atoms with Crippen LogP contribution in [0.15, 0.2) is 24.4 Å². The molecule has 1 aromatic heterocycles. The molecule has 0 saturated carbocycles. The van der Waals surface area contributed by atoms with Crippen LogP contribution in [0.5, 0.6) is 0 Å². The third-order valence-corrected chi connectivity index (χ3v) is 4.77. The van der Waals surface area contributed by atoms with Crippen LogP contribution < -0.4 is 10.2 Å². The number of carbonyl (C=O) groups excluding carboxylic acids is 2. The highest BCUT2D eigenvalue weighted by Gasteiger charge is 2.34. The minimum atomic E-state index is -0.688. The van der Waals surface area contributed by atoms with Crippen LogP contribution in [-0.2, 0) is 20.7 Å². The van der Waals surface area contributed by atoms with Gasteiger partial charge in [-0.2, -0.15) is 0 Å². The van der Waals surface area contributed by atoms with Gasteiger partial charge in [0.2, 0.25) is 5.91 Å². The molecule has 0 spiro atoms. The average Bonchev–Trinajstić information content (AvgIpc) is 2.97. The number of carbonyl (C=O) groups is 2. The number of benzene rings is 1. The summed E-state index contributed by atoms with van der Waals surface area (Å²) in [4.78, 5) is 30.6. The Bertz CT molecular complexity index is 796. The van der Waals surface area contributed by atoms with Gasteiger partial charge in [0.1, 0.15) is 12.1 Å². The van der Waals surface area contributed by atoms with Crippen LogP contribution in [0.3, 0.4) is 0 Å². The summed E-state index contributed by atoms with van der Waals surface area (Å²) in [7, 11) is 1.93. The Kier molecular flexibility index (Phi) is 4.70. The van der Waals surface area contributed by atoms with Gasteiger partial charge >= 0.3 is 5.97 Å². The van der Waals surface area contributed by atoms with Crippen LogP contribution in [0.1, 0.15) is 26.3 Å². The van der Waals surface area contributed by atoms with E-state index < -0.39 is 12.0 Å². The number of hydrogen-bond donors (Lipinski definition) is 2. The third kappa shape index (κ3) is 3.08. The van der Waals surface area contributed by atoms with Crippen molar-refractivity contribution in [2.24, 2.45) is 5.92 Å². The number of nitrogens with one attached hydrogen (secondary N) is 2. The summed E-state index contributed by atoms with van der Waals surface area (Å²) in [6.45, 7) is 6.08. The zero-order valence-corrected chi connectivity index (χ0v) is 15.1. The molecule has 0 fully saturated rings. The molecule has 134 valence electrons. The molecule has 0 bridgehead atoms. The minimum absolute atomic E-state index is 0.0867. The molecule has 0 unspecified atom stereocenters. The summed E-state index contributed by atoms with van der Waals surface area (Å²) >= 11 is 0. The maximum Gasteiger partial charge on any atom is 0.328 e. The molecule has 6 heteroatoms. The first kappa shape index (κ1) is 17.3. The SMILES string of the molecule is CCOC(=O)[C@@H]1Cc2c[nH]c3cccc(c23)N(C)[C@@H](C(C)C)C(=O)N1. The van der Waals surface area contributed by atoms with E-state index in [0.717, 1.165) is 22.2 Å². The van der Waals surface area contributed by atoms with Gasteiger partial charge in [-0.15, -0.1) is 0 Å². The van der Waals surface area contributed by atoms with Crippen molar-refractivity contribution in [3.8, 4) is 0 Å². The topological polar surface area (TPSA) is 74.4 Å². The van der Waals surface area contributed by atoms with E-state index in [1.165, 1.54) is 0 Å². The Morgan fingerprint density at radius 1 is 1.40 bits per heavy atom. The second kappa shape index (κ2) is 6.78. The van der Waals surface area contributed by atoms with Crippen LogP contribution in [-0.4, -0.2) is 42.6 Å². The van der Waals surface area contributed by atoms with Gasteiger partial charge in [-0.3, -0.25) is 4.79 Å². The number of H-pyrrole nitrogens is 1. The molecule has 0 radical (unpaired) electrons. The first-order chi connectivity index (χ1) is 11.9. The molecule has 1 aliphatic heterocycles.